The lowest BCUT2D eigenvalue weighted by molar-refractivity contribution is 0.195. The second kappa shape index (κ2) is 5.82. The summed E-state index contributed by atoms with van der Waals surface area (Å²) in [6.07, 6.45) is 1.62. The number of amides is 2. The summed E-state index contributed by atoms with van der Waals surface area (Å²) in [7, 11) is 1.58. The minimum absolute atomic E-state index is 0.0249. The molecule has 18 heavy (non-hydrogen) atoms. The van der Waals surface area contributed by atoms with Crippen molar-refractivity contribution in [3.8, 4) is 0 Å². The van der Waals surface area contributed by atoms with Crippen LogP contribution in [-0.2, 0) is 11.2 Å². The van der Waals surface area contributed by atoms with E-state index >= 15 is 0 Å². The lowest BCUT2D eigenvalue weighted by Gasteiger charge is -2.14. The van der Waals surface area contributed by atoms with Gasteiger partial charge in [-0.2, -0.15) is 0 Å². The molecule has 0 heterocycles. The van der Waals surface area contributed by atoms with E-state index in [0.717, 1.165) is 24.0 Å². The van der Waals surface area contributed by atoms with Gasteiger partial charge in [0.1, 0.15) is 5.82 Å². The van der Waals surface area contributed by atoms with E-state index in [1.165, 1.54) is 6.07 Å². The van der Waals surface area contributed by atoms with Crippen LogP contribution >= 0.6 is 0 Å². The fraction of sp³-hybridized carbons (Fsp3) is 0.462. The van der Waals surface area contributed by atoms with Gasteiger partial charge in [-0.1, -0.05) is 6.07 Å². The van der Waals surface area contributed by atoms with Crippen molar-refractivity contribution in [2.45, 2.75) is 18.9 Å². The largest absolute Gasteiger partial charge is 0.383 e. The summed E-state index contributed by atoms with van der Waals surface area (Å²) in [5.74, 6) is -0.223. The number of benzene rings is 1. The first kappa shape index (κ1) is 12.8. The molecule has 1 aliphatic carbocycles. The van der Waals surface area contributed by atoms with E-state index in [2.05, 4.69) is 10.6 Å². The summed E-state index contributed by atoms with van der Waals surface area (Å²) in [4.78, 5) is 11.6. The molecular weight excluding hydrogens is 235 g/mol. The summed E-state index contributed by atoms with van der Waals surface area (Å²) in [5.41, 5.74) is 2.00. The van der Waals surface area contributed by atoms with Crippen LogP contribution in [0.3, 0.4) is 0 Å². The van der Waals surface area contributed by atoms with E-state index in [1.54, 1.807) is 19.2 Å². The van der Waals surface area contributed by atoms with Crippen LogP contribution in [0, 0.1) is 5.82 Å². The zero-order valence-electron chi connectivity index (χ0n) is 10.3. The van der Waals surface area contributed by atoms with Crippen LogP contribution in [0.25, 0.3) is 0 Å². The smallest absolute Gasteiger partial charge is 0.315 e. The summed E-state index contributed by atoms with van der Waals surface area (Å²) < 4.78 is 17.9. The van der Waals surface area contributed by atoms with Crippen LogP contribution in [-0.4, -0.2) is 26.3 Å². The molecule has 0 radical (unpaired) electrons. The zero-order valence-corrected chi connectivity index (χ0v) is 10.3. The number of nitrogens with one attached hydrogen (secondary N) is 2. The highest BCUT2D eigenvalue weighted by Gasteiger charge is 2.23. The molecule has 1 atom stereocenters. The van der Waals surface area contributed by atoms with E-state index in [4.69, 9.17) is 4.74 Å². The molecule has 2 amide bonds. The quantitative estimate of drug-likeness (QED) is 0.802. The van der Waals surface area contributed by atoms with Gasteiger partial charge in [-0.25, -0.2) is 9.18 Å². The maximum atomic E-state index is 13.0. The van der Waals surface area contributed by atoms with E-state index in [0.29, 0.717) is 13.2 Å². The molecule has 0 fully saturated rings. The van der Waals surface area contributed by atoms with Gasteiger partial charge in [0.2, 0.25) is 0 Å². The molecule has 0 aromatic heterocycles. The number of carbonyl (C=O) groups is 1. The lowest BCUT2D eigenvalue weighted by atomic mass is 10.1. The van der Waals surface area contributed by atoms with Crippen LogP contribution in [0.1, 0.15) is 23.6 Å². The first-order valence-electron chi connectivity index (χ1n) is 6.02. The molecule has 0 saturated heterocycles. The van der Waals surface area contributed by atoms with Crippen LogP contribution in [0.2, 0.25) is 0 Å². The molecule has 98 valence electrons. The van der Waals surface area contributed by atoms with E-state index in [9.17, 15) is 9.18 Å². The number of hydrogen-bond acceptors (Lipinski definition) is 2. The van der Waals surface area contributed by atoms with Crippen molar-refractivity contribution in [2.24, 2.45) is 0 Å². The van der Waals surface area contributed by atoms with Crippen molar-refractivity contribution >= 4 is 6.03 Å². The number of rotatable bonds is 4. The van der Waals surface area contributed by atoms with Gasteiger partial charge < -0.3 is 15.4 Å². The number of hydrogen-bond donors (Lipinski definition) is 2. The van der Waals surface area contributed by atoms with Crippen LogP contribution < -0.4 is 10.6 Å². The standard InChI is InChI=1S/C13H17FN2O2/c1-18-7-6-15-13(17)16-12-5-2-9-8-10(14)3-4-11(9)12/h3-4,8,12H,2,5-7H2,1H3,(H2,15,16,17)/t12-/m0/s1. The van der Waals surface area contributed by atoms with Crippen LogP contribution in [0.15, 0.2) is 18.2 Å². The van der Waals surface area contributed by atoms with Gasteiger partial charge in [-0.15, -0.1) is 0 Å². The molecule has 1 aliphatic rings. The molecule has 5 heteroatoms. The van der Waals surface area contributed by atoms with Gasteiger partial charge in [-0.3, -0.25) is 0 Å². The minimum atomic E-state index is -0.223. The fourth-order valence-corrected chi connectivity index (χ4v) is 2.21. The SMILES string of the molecule is COCCNC(=O)N[C@H]1CCc2cc(F)ccc21. The minimum Gasteiger partial charge on any atom is -0.383 e. The Bertz CT molecular complexity index is 437. The highest BCUT2D eigenvalue weighted by molar-refractivity contribution is 5.74. The third-order valence-corrected chi connectivity index (χ3v) is 3.08. The average Bonchev–Trinajstić information content (AvgIpc) is 2.72. The van der Waals surface area contributed by atoms with Gasteiger partial charge in [0.05, 0.1) is 12.6 Å². The molecule has 0 unspecified atom stereocenters. The van der Waals surface area contributed by atoms with Crippen molar-refractivity contribution in [2.75, 3.05) is 20.3 Å². The van der Waals surface area contributed by atoms with Gasteiger partial charge in [0.25, 0.3) is 0 Å². The predicted molar refractivity (Wildman–Crippen MR) is 65.9 cm³/mol. The number of urea groups is 1. The first-order valence-corrected chi connectivity index (χ1v) is 6.02. The maximum Gasteiger partial charge on any atom is 0.315 e. The van der Waals surface area contributed by atoms with Crippen molar-refractivity contribution in [3.05, 3.63) is 35.1 Å². The van der Waals surface area contributed by atoms with Crippen molar-refractivity contribution in [1.29, 1.82) is 0 Å². The topological polar surface area (TPSA) is 50.4 Å². The van der Waals surface area contributed by atoms with Gasteiger partial charge in [0, 0.05) is 13.7 Å². The highest BCUT2D eigenvalue weighted by atomic mass is 19.1. The number of carbonyl (C=O) groups excluding carboxylic acids is 1. The van der Waals surface area contributed by atoms with E-state index in [1.807, 2.05) is 0 Å². The summed E-state index contributed by atoms with van der Waals surface area (Å²) in [6.45, 7) is 0.964. The summed E-state index contributed by atoms with van der Waals surface area (Å²) >= 11 is 0. The number of halogens is 1. The van der Waals surface area contributed by atoms with Gasteiger partial charge in [0.15, 0.2) is 0 Å². The van der Waals surface area contributed by atoms with E-state index < -0.39 is 0 Å². The Morgan fingerprint density at radius 1 is 1.56 bits per heavy atom. The Labute approximate surface area is 106 Å². The number of fused-ring (bicyclic) bond motifs is 1. The molecule has 0 saturated carbocycles. The van der Waals surface area contributed by atoms with Crippen LogP contribution in [0.4, 0.5) is 9.18 Å². The fourth-order valence-electron chi connectivity index (χ4n) is 2.21. The molecule has 2 rings (SSSR count). The number of aryl methyl sites for hydroxylation is 1. The molecular formula is C13H17FN2O2. The Balaban J connectivity index is 1.91. The molecule has 0 aliphatic heterocycles. The van der Waals surface area contributed by atoms with Gasteiger partial charge >= 0.3 is 6.03 Å². The normalized spacial score (nSPS) is 17.3. The Hall–Kier alpha value is -1.62. The second-order valence-electron chi connectivity index (χ2n) is 4.33. The number of methoxy groups -OCH3 is 1. The monoisotopic (exact) mass is 252 g/mol. The lowest BCUT2D eigenvalue weighted by Crippen LogP contribution is -2.38. The van der Waals surface area contributed by atoms with Gasteiger partial charge in [-0.05, 0) is 36.1 Å². The van der Waals surface area contributed by atoms with Crippen molar-refractivity contribution in [1.82, 2.24) is 10.6 Å². The second-order valence-corrected chi connectivity index (χ2v) is 4.33. The maximum absolute atomic E-state index is 13.0. The van der Waals surface area contributed by atoms with Crippen molar-refractivity contribution < 1.29 is 13.9 Å². The average molecular weight is 252 g/mol. The van der Waals surface area contributed by atoms with Crippen molar-refractivity contribution in [3.63, 3.8) is 0 Å². The number of ether oxygens (including phenoxy) is 1. The molecule has 4 nitrogen and oxygen atoms in total. The molecule has 1 aromatic rings. The van der Waals surface area contributed by atoms with Crippen LogP contribution in [0.5, 0.6) is 0 Å². The molecule has 2 N–H and O–H groups in total. The predicted octanol–water partition coefficient (Wildman–Crippen LogP) is 1.76. The third kappa shape index (κ3) is 2.98. The Morgan fingerprint density at radius 2 is 2.39 bits per heavy atom. The zero-order chi connectivity index (χ0) is 13.0. The first-order chi connectivity index (χ1) is 8.70. The Morgan fingerprint density at radius 3 is 3.17 bits per heavy atom. The molecule has 0 spiro atoms. The molecule has 1 aromatic carbocycles. The highest BCUT2D eigenvalue weighted by Crippen LogP contribution is 2.31. The van der Waals surface area contributed by atoms with E-state index in [-0.39, 0.29) is 17.9 Å². The molecule has 0 bridgehead atoms. The third-order valence-electron chi connectivity index (χ3n) is 3.08. The summed E-state index contributed by atoms with van der Waals surface area (Å²) in [5, 5.41) is 5.59. The Kier molecular flexibility index (Phi) is 4.15. The summed E-state index contributed by atoms with van der Waals surface area (Å²) in [6, 6.07) is 4.48.